The fraction of sp³-hybridized carbons (Fsp3) is 0.769. The third-order valence-electron chi connectivity index (χ3n) is 3.35. The molecule has 20 heavy (non-hydrogen) atoms. The lowest BCUT2D eigenvalue weighted by Crippen LogP contribution is -2.54. The number of hydrogen-bond acceptors (Lipinski definition) is 6. The second-order valence-electron chi connectivity index (χ2n) is 5.32. The van der Waals surface area contributed by atoms with Crippen LogP contribution in [0, 0.1) is 0 Å². The standard InChI is InChI=1S/C13H24BNO5/c1-5-12(17)19-8-6-7-11(16)10-9-20-13(2,3)15(10)14(4)18/h6-7,10-11,16,18H,5,8-9H2,1-4H3/b7-6+/t10-,11+/m1/s1. The molecule has 1 rings (SSSR count). The Bertz CT molecular complexity index is 359. The number of aliphatic hydroxyl groups excluding tert-OH is 1. The van der Waals surface area contributed by atoms with Crippen LogP contribution >= 0.6 is 0 Å². The van der Waals surface area contributed by atoms with E-state index in [4.69, 9.17) is 9.47 Å². The summed E-state index contributed by atoms with van der Waals surface area (Å²) >= 11 is 0. The molecule has 0 aliphatic carbocycles. The summed E-state index contributed by atoms with van der Waals surface area (Å²) < 4.78 is 10.5. The van der Waals surface area contributed by atoms with E-state index >= 15 is 0 Å². The Hall–Kier alpha value is -0.885. The van der Waals surface area contributed by atoms with E-state index in [1.807, 2.05) is 13.8 Å². The van der Waals surface area contributed by atoms with E-state index in [-0.39, 0.29) is 18.6 Å². The lowest BCUT2D eigenvalue weighted by Gasteiger charge is -2.35. The highest BCUT2D eigenvalue weighted by Gasteiger charge is 2.46. The molecule has 0 saturated carbocycles. The lowest BCUT2D eigenvalue weighted by molar-refractivity contribution is -0.142. The van der Waals surface area contributed by atoms with Crippen LogP contribution in [0.3, 0.4) is 0 Å². The topological polar surface area (TPSA) is 79.2 Å². The quantitative estimate of drug-likeness (QED) is 0.418. The average molecular weight is 285 g/mol. The molecule has 114 valence electrons. The summed E-state index contributed by atoms with van der Waals surface area (Å²) in [6.45, 7) is 7.52. The second-order valence-corrected chi connectivity index (χ2v) is 5.32. The van der Waals surface area contributed by atoms with E-state index < -0.39 is 18.9 Å². The first-order chi connectivity index (χ1) is 9.29. The molecular weight excluding hydrogens is 261 g/mol. The van der Waals surface area contributed by atoms with Crippen molar-refractivity contribution in [2.75, 3.05) is 13.2 Å². The third-order valence-corrected chi connectivity index (χ3v) is 3.35. The Kier molecular flexibility index (Phi) is 6.19. The summed E-state index contributed by atoms with van der Waals surface area (Å²) in [7, 11) is -0.724. The summed E-state index contributed by atoms with van der Waals surface area (Å²) in [5.74, 6) is -0.278. The fourth-order valence-corrected chi connectivity index (χ4v) is 2.40. The molecule has 1 aliphatic heterocycles. The van der Waals surface area contributed by atoms with Crippen molar-refractivity contribution in [2.24, 2.45) is 0 Å². The van der Waals surface area contributed by atoms with Crippen molar-refractivity contribution >= 4 is 13.0 Å². The van der Waals surface area contributed by atoms with Gasteiger partial charge in [-0.3, -0.25) is 9.61 Å². The molecule has 2 N–H and O–H groups in total. The molecule has 0 aromatic rings. The Balaban J connectivity index is 2.56. The van der Waals surface area contributed by atoms with E-state index in [0.717, 1.165) is 0 Å². The van der Waals surface area contributed by atoms with Crippen LogP contribution in [0.4, 0.5) is 0 Å². The van der Waals surface area contributed by atoms with Crippen molar-refractivity contribution < 1.29 is 24.4 Å². The van der Waals surface area contributed by atoms with Gasteiger partial charge in [0.2, 0.25) is 0 Å². The molecule has 0 radical (unpaired) electrons. The van der Waals surface area contributed by atoms with Gasteiger partial charge in [0, 0.05) is 6.42 Å². The molecule has 0 spiro atoms. The van der Waals surface area contributed by atoms with Crippen molar-refractivity contribution in [3.63, 3.8) is 0 Å². The normalized spacial score (nSPS) is 24.0. The molecule has 0 amide bonds. The molecule has 1 aliphatic rings. The molecule has 0 unspecified atom stereocenters. The number of esters is 1. The maximum absolute atomic E-state index is 11.0. The summed E-state index contributed by atoms with van der Waals surface area (Å²) in [6, 6.07) is -0.330. The number of hydrogen-bond donors (Lipinski definition) is 2. The van der Waals surface area contributed by atoms with Crippen molar-refractivity contribution in [3.8, 4) is 0 Å². The van der Waals surface area contributed by atoms with Crippen molar-refractivity contribution in [2.45, 2.75) is 51.9 Å². The number of ether oxygens (including phenoxy) is 2. The van der Waals surface area contributed by atoms with Gasteiger partial charge in [0.05, 0.1) is 18.8 Å². The maximum Gasteiger partial charge on any atom is 0.379 e. The zero-order valence-electron chi connectivity index (χ0n) is 12.6. The molecule has 2 atom stereocenters. The van der Waals surface area contributed by atoms with Gasteiger partial charge in [-0.25, -0.2) is 0 Å². The highest BCUT2D eigenvalue weighted by atomic mass is 16.5. The van der Waals surface area contributed by atoms with Gasteiger partial charge >= 0.3 is 13.0 Å². The van der Waals surface area contributed by atoms with Gasteiger partial charge in [0.25, 0.3) is 0 Å². The number of carbonyl (C=O) groups excluding carboxylic acids is 1. The van der Waals surface area contributed by atoms with Crippen molar-refractivity contribution in [1.29, 1.82) is 0 Å². The lowest BCUT2D eigenvalue weighted by atomic mass is 9.80. The first-order valence-corrected chi connectivity index (χ1v) is 6.90. The van der Waals surface area contributed by atoms with E-state index in [2.05, 4.69) is 0 Å². The number of nitrogens with zero attached hydrogens (tertiary/aromatic N) is 1. The van der Waals surface area contributed by atoms with Crippen molar-refractivity contribution in [1.82, 2.24) is 4.81 Å². The summed E-state index contributed by atoms with van der Waals surface area (Å²) in [5.41, 5.74) is -0.623. The van der Waals surface area contributed by atoms with Crippen LogP contribution in [0.2, 0.25) is 6.82 Å². The first kappa shape index (κ1) is 17.2. The van der Waals surface area contributed by atoms with Gasteiger partial charge in [-0.2, -0.15) is 0 Å². The molecule has 1 fully saturated rings. The Morgan fingerprint density at radius 1 is 1.65 bits per heavy atom. The number of aliphatic hydroxyl groups is 1. The van der Waals surface area contributed by atoms with E-state index in [9.17, 15) is 14.9 Å². The SMILES string of the molecule is CCC(=O)OC/C=C/[C@H](O)[C@H]1COC(C)(C)N1B(C)O. The zero-order chi connectivity index (χ0) is 15.3. The predicted octanol–water partition coefficient (Wildman–Crippen LogP) is 0.404. The molecule has 0 bridgehead atoms. The van der Waals surface area contributed by atoms with Gasteiger partial charge in [-0.15, -0.1) is 0 Å². The molecule has 1 saturated heterocycles. The molecule has 6 nitrogen and oxygen atoms in total. The van der Waals surface area contributed by atoms with Gasteiger partial charge in [-0.05, 0) is 26.7 Å². The van der Waals surface area contributed by atoms with Crippen LogP contribution in [0.1, 0.15) is 27.2 Å². The molecular formula is C13H24BNO5. The monoisotopic (exact) mass is 285 g/mol. The van der Waals surface area contributed by atoms with Gasteiger partial charge in [0.15, 0.2) is 0 Å². The van der Waals surface area contributed by atoms with Crippen LogP contribution in [-0.2, 0) is 14.3 Å². The summed E-state index contributed by atoms with van der Waals surface area (Å²) in [6.07, 6.45) is 2.70. The third kappa shape index (κ3) is 4.31. The van der Waals surface area contributed by atoms with Crippen LogP contribution in [0.25, 0.3) is 0 Å². The molecule has 0 aromatic heterocycles. The van der Waals surface area contributed by atoms with Crippen LogP contribution in [-0.4, -0.2) is 59.0 Å². The minimum Gasteiger partial charge on any atom is -0.461 e. The molecule has 1 heterocycles. The minimum absolute atomic E-state index is 0.134. The van der Waals surface area contributed by atoms with Gasteiger partial charge in [0.1, 0.15) is 12.3 Å². The van der Waals surface area contributed by atoms with E-state index in [1.54, 1.807) is 30.7 Å². The van der Waals surface area contributed by atoms with E-state index in [0.29, 0.717) is 13.0 Å². The van der Waals surface area contributed by atoms with Crippen LogP contribution in [0.15, 0.2) is 12.2 Å². The largest absolute Gasteiger partial charge is 0.461 e. The second kappa shape index (κ2) is 7.22. The first-order valence-electron chi connectivity index (χ1n) is 6.90. The van der Waals surface area contributed by atoms with Gasteiger partial charge in [-0.1, -0.05) is 13.0 Å². The summed E-state index contributed by atoms with van der Waals surface area (Å²) in [5, 5.41) is 20.0. The van der Waals surface area contributed by atoms with Crippen LogP contribution < -0.4 is 0 Å². The van der Waals surface area contributed by atoms with Gasteiger partial charge < -0.3 is 19.6 Å². The smallest absolute Gasteiger partial charge is 0.379 e. The average Bonchev–Trinajstić information content (AvgIpc) is 2.69. The number of carbonyl (C=O) groups is 1. The Morgan fingerprint density at radius 3 is 2.85 bits per heavy atom. The highest BCUT2D eigenvalue weighted by Crippen LogP contribution is 2.29. The molecule has 7 heteroatoms. The van der Waals surface area contributed by atoms with E-state index in [1.165, 1.54) is 0 Å². The molecule has 0 aromatic carbocycles. The number of rotatable bonds is 6. The minimum atomic E-state index is -0.799. The van der Waals surface area contributed by atoms with Crippen molar-refractivity contribution in [3.05, 3.63) is 12.2 Å². The zero-order valence-corrected chi connectivity index (χ0v) is 12.6. The van der Waals surface area contributed by atoms with Crippen LogP contribution in [0.5, 0.6) is 0 Å². The summed E-state index contributed by atoms with van der Waals surface area (Å²) in [4.78, 5) is 12.7. The maximum atomic E-state index is 11.0. The predicted molar refractivity (Wildman–Crippen MR) is 75.9 cm³/mol. The highest BCUT2D eigenvalue weighted by molar-refractivity contribution is 6.45. The Morgan fingerprint density at radius 2 is 2.30 bits per heavy atom. The Labute approximate surface area is 120 Å². The fourth-order valence-electron chi connectivity index (χ4n) is 2.40.